The summed E-state index contributed by atoms with van der Waals surface area (Å²) in [6.45, 7) is 0. The second-order valence-electron chi connectivity index (χ2n) is 5.99. The van der Waals surface area contributed by atoms with Crippen LogP contribution in [0.4, 0.5) is 4.79 Å². The molecule has 0 aromatic heterocycles. The van der Waals surface area contributed by atoms with Crippen molar-refractivity contribution in [2.24, 2.45) is 0 Å². The lowest BCUT2D eigenvalue weighted by Crippen LogP contribution is -2.48. The average molecular weight is 278 g/mol. The van der Waals surface area contributed by atoms with Crippen molar-refractivity contribution in [3.05, 3.63) is 24.7 Å². The van der Waals surface area contributed by atoms with Crippen LogP contribution in [0.25, 0.3) is 10.6 Å². The Labute approximate surface area is 122 Å². The molecular formula is C15H26N4O. The van der Waals surface area contributed by atoms with E-state index >= 15 is 0 Å². The zero-order chi connectivity index (χ0) is 14.4. The van der Waals surface area contributed by atoms with Gasteiger partial charge in [0.1, 0.15) is 0 Å². The highest BCUT2D eigenvalue weighted by Crippen LogP contribution is 2.24. The summed E-state index contributed by atoms with van der Waals surface area (Å²) in [5, 5.41) is 14.3. The van der Waals surface area contributed by atoms with Crippen molar-refractivity contribution in [3.63, 3.8) is 0 Å². The van der Waals surface area contributed by atoms with Crippen LogP contribution in [-0.4, -0.2) is 30.2 Å². The van der Waals surface area contributed by atoms with Crippen molar-refractivity contribution in [3.8, 4) is 0 Å². The predicted molar refractivity (Wildman–Crippen MR) is 81.2 cm³/mol. The first kappa shape index (κ1) is 15.3. The minimum atomic E-state index is -0.0185. The molecule has 2 aliphatic rings. The number of nitrogens with one attached hydrogen (secondary N) is 2. The molecule has 0 spiro atoms. The van der Waals surface area contributed by atoms with E-state index in [1.165, 1.54) is 0 Å². The maximum absolute atomic E-state index is 12.0. The third-order valence-corrected chi connectivity index (χ3v) is 4.58. The van der Waals surface area contributed by atoms with Crippen molar-refractivity contribution in [1.29, 1.82) is 0 Å². The fourth-order valence-electron chi connectivity index (χ4n) is 3.22. The van der Waals surface area contributed by atoms with Crippen molar-refractivity contribution >= 4 is 6.03 Å². The number of rotatable bonds is 4. The Morgan fingerprint density at radius 1 is 0.750 bits per heavy atom. The number of urea groups is 1. The van der Waals surface area contributed by atoms with Gasteiger partial charge in [0.15, 0.2) is 0 Å². The van der Waals surface area contributed by atoms with Gasteiger partial charge in [-0.2, -0.15) is 0 Å². The molecule has 0 radical (unpaired) electrons. The van der Waals surface area contributed by atoms with Crippen LogP contribution in [0.3, 0.4) is 0 Å². The molecule has 0 aromatic rings. The molecule has 0 saturated heterocycles. The molecule has 2 saturated carbocycles. The zero-order valence-corrected chi connectivity index (χ0v) is 12.2. The van der Waals surface area contributed by atoms with Crippen LogP contribution in [-0.2, 0) is 0 Å². The lowest BCUT2D eigenvalue weighted by Gasteiger charge is -2.34. The van der Waals surface area contributed by atoms with Gasteiger partial charge in [-0.25, -0.2) is 4.79 Å². The monoisotopic (exact) mass is 278 g/mol. The van der Waals surface area contributed by atoms with E-state index in [4.69, 9.17) is 0 Å². The van der Waals surface area contributed by atoms with Crippen LogP contribution in [0.15, 0.2) is 0 Å². The lowest BCUT2D eigenvalue weighted by molar-refractivity contribution is 0.223. The standard InChI is InChI=1S/C15H26N4O/c1-16-11-3-7-13(8-4-11)18-15(20)19-14-9-5-12(17-2)6-10-14/h11-14H,1-10H2,(H2,18,19,20)/t11-,12-,13+,14+. The van der Waals surface area contributed by atoms with Crippen molar-refractivity contribution in [2.75, 3.05) is 0 Å². The van der Waals surface area contributed by atoms with Gasteiger partial charge in [0.25, 0.3) is 0 Å². The summed E-state index contributed by atoms with van der Waals surface area (Å²) in [5.41, 5.74) is 0. The van der Waals surface area contributed by atoms with E-state index in [1.807, 2.05) is 0 Å². The summed E-state index contributed by atoms with van der Waals surface area (Å²) in [7, 11) is 7.20. The average Bonchev–Trinajstić information content (AvgIpc) is 2.49. The normalized spacial score (nSPS) is 34.4. The zero-order valence-electron chi connectivity index (χ0n) is 12.2. The molecule has 5 nitrogen and oxygen atoms in total. The van der Waals surface area contributed by atoms with Gasteiger partial charge in [-0.3, -0.25) is 0 Å². The third kappa shape index (κ3) is 4.49. The van der Waals surface area contributed by atoms with Crippen LogP contribution < -0.4 is 10.6 Å². The highest BCUT2D eigenvalue weighted by Gasteiger charge is 2.22. The van der Waals surface area contributed by atoms with Gasteiger partial charge in [0, 0.05) is 12.1 Å². The molecular weight excluding hydrogens is 252 g/mol. The Balaban J connectivity index is 1.63. The first-order valence-electron chi connectivity index (χ1n) is 7.70. The minimum absolute atomic E-state index is 0.0185. The Bertz CT molecular complexity index is 266. The van der Waals surface area contributed by atoms with Gasteiger partial charge in [-0.15, -0.1) is 12.1 Å². The highest BCUT2D eigenvalue weighted by molar-refractivity contribution is 5.74. The van der Waals surface area contributed by atoms with E-state index in [2.05, 4.69) is 35.4 Å². The molecule has 0 heterocycles. The summed E-state index contributed by atoms with van der Waals surface area (Å²) < 4.78 is 0. The molecule has 0 bridgehead atoms. The first-order valence-corrected chi connectivity index (χ1v) is 7.70. The molecule has 0 atom stereocenters. The minimum Gasteiger partial charge on any atom is -0.455 e. The number of hydrogen-bond acceptors (Lipinski definition) is 1. The Morgan fingerprint density at radius 2 is 1.10 bits per heavy atom. The largest absolute Gasteiger partial charge is 0.455 e. The second-order valence-corrected chi connectivity index (χ2v) is 5.99. The molecule has 0 aromatic carbocycles. The van der Waals surface area contributed by atoms with Crippen LogP contribution in [0, 0.1) is 14.1 Å². The van der Waals surface area contributed by atoms with Crippen molar-refractivity contribution in [1.82, 2.24) is 10.6 Å². The van der Waals surface area contributed by atoms with Crippen LogP contribution in [0.2, 0.25) is 0 Å². The molecule has 2 N–H and O–H groups in total. The summed E-state index contributed by atoms with van der Waals surface area (Å²) in [5.74, 6) is 0. The number of carbonyl (C=O) groups excluding carboxylic acids is 1. The quantitative estimate of drug-likeness (QED) is 0.761. The van der Waals surface area contributed by atoms with Crippen LogP contribution >= 0.6 is 0 Å². The van der Waals surface area contributed by atoms with E-state index in [9.17, 15) is 4.79 Å². The molecule has 2 rings (SSSR count). The summed E-state index contributed by atoms with van der Waals surface area (Å²) in [6, 6.07) is 1.34. The summed E-state index contributed by atoms with van der Waals surface area (Å²) in [6.07, 6.45) is 8.15. The SMILES string of the molecule is [CH2+][N-][C@H]1CC[C@@H](NC(=O)N[C@H]2CC[C@@H]([N-][CH2+])CC2)CC1. The number of hydrogen-bond donors (Lipinski definition) is 2. The smallest absolute Gasteiger partial charge is 0.315 e. The first-order chi connectivity index (χ1) is 9.71. The van der Waals surface area contributed by atoms with E-state index in [0.717, 1.165) is 51.4 Å². The number of amides is 2. The van der Waals surface area contributed by atoms with E-state index in [0.29, 0.717) is 24.2 Å². The topological polar surface area (TPSA) is 69.3 Å². The second kappa shape index (κ2) is 7.64. The highest BCUT2D eigenvalue weighted by atomic mass is 16.2. The molecule has 20 heavy (non-hydrogen) atoms. The molecule has 2 fully saturated rings. The Kier molecular flexibility index (Phi) is 5.86. The molecule has 112 valence electrons. The number of nitrogens with zero attached hydrogens (tertiary/aromatic N) is 2. The van der Waals surface area contributed by atoms with Gasteiger partial charge in [0.05, 0.1) is 0 Å². The molecule has 2 aliphatic carbocycles. The van der Waals surface area contributed by atoms with E-state index in [1.54, 1.807) is 0 Å². The van der Waals surface area contributed by atoms with E-state index in [-0.39, 0.29) is 6.03 Å². The van der Waals surface area contributed by atoms with Crippen LogP contribution in [0.1, 0.15) is 51.4 Å². The maximum atomic E-state index is 12.0. The fourth-order valence-corrected chi connectivity index (χ4v) is 3.22. The third-order valence-electron chi connectivity index (χ3n) is 4.58. The van der Waals surface area contributed by atoms with Gasteiger partial charge < -0.3 is 21.3 Å². The fraction of sp³-hybridized carbons (Fsp3) is 0.800. The molecule has 5 heteroatoms. The van der Waals surface area contributed by atoms with Gasteiger partial charge in [0.2, 0.25) is 0 Å². The predicted octanol–water partition coefficient (Wildman–Crippen LogP) is 3.24. The van der Waals surface area contributed by atoms with Gasteiger partial charge in [-0.05, 0) is 39.8 Å². The van der Waals surface area contributed by atoms with Gasteiger partial charge >= 0.3 is 6.03 Å². The summed E-state index contributed by atoms with van der Waals surface area (Å²) >= 11 is 0. The number of carbonyl (C=O) groups is 1. The van der Waals surface area contributed by atoms with E-state index < -0.39 is 0 Å². The summed E-state index contributed by atoms with van der Waals surface area (Å²) in [4.78, 5) is 12.0. The Hall–Kier alpha value is -1.07. The Morgan fingerprint density at radius 3 is 1.40 bits per heavy atom. The molecule has 2 amide bonds. The molecule has 0 unspecified atom stereocenters. The van der Waals surface area contributed by atoms with Crippen molar-refractivity contribution in [2.45, 2.75) is 75.5 Å². The molecule has 0 aliphatic heterocycles. The van der Waals surface area contributed by atoms with Crippen LogP contribution in [0.5, 0.6) is 0 Å². The van der Waals surface area contributed by atoms with Gasteiger partial charge in [-0.1, -0.05) is 25.7 Å². The lowest BCUT2D eigenvalue weighted by atomic mass is 9.91. The maximum Gasteiger partial charge on any atom is 0.315 e. The van der Waals surface area contributed by atoms with Crippen molar-refractivity contribution < 1.29 is 4.79 Å².